The number of rotatable bonds is 2. The number of pyridine rings is 1. The minimum absolute atomic E-state index is 0.634. The molecule has 0 aliphatic carbocycles. The molecule has 0 unspecified atom stereocenters. The zero-order valence-corrected chi connectivity index (χ0v) is 7.58. The lowest BCUT2D eigenvalue weighted by Gasteiger charge is -2.08. The summed E-state index contributed by atoms with van der Waals surface area (Å²) in [7, 11) is 1.65. The van der Waals surface area contributed by atoms with E-state index in [1.54, 1.807) is 19.3 Å². The molecule has 1 aromatic heterocycles. The van der Waals surface area contributed by atoms with Gasteiger partial charge in [0.25, 0.3) is 0 Å². The van der Waals surface area contributed by atoms with Crippen molar-refractivity contribution in [2.24, 2.45) is 0 Å². The van der Waals surface area contributed by atoms with Crippen molar-refractivity contribution in [2.75, 3.05) is 11.9 Å². The summed E-state index contributed by atoms with van der Waals surface area (Å²) in [6.07, 6.45) is 2.36. The van der Waals surface area contributed by atoms with E-state index < -0.39 is 0 Å². The Hall–Kier alpha value is -0.900. The molecule has 1 rings (SSSR count). The number of hydrogen-bond acceptors (Lipinski definition) is 2. The third-order valence-electron chi connectivity index (χ3n) is 1.23. The van der Waals surface area contributed by atoms with Gasteiger partial charge in [0.15, 0.2) is 0 Å². The van der Waals surface area contributed by atoms with Gasteiger partial charge in [-0.05, 0) is 12.1 Å². The Bertz CT molecular complexity index is 264. The van der Waals surface area contributed by atoms with Crippen LogP contribution in [0.5, 0.6) is 0 Å². The topological polar surface area (TPSA) is 33.2 Å². The summed E-state index contributed by atoms with van der Waals surface area (Å²) in [5.74, 6) is 0.634. The molecular weight excluding hydrogens is 208 g/mol. The predicted octanol–water partition coefficient (Wildman–Crippen LogP) is 1.44. The third kappa shape index (κ3) is 2.01. The van der Waals surface area contributed by atoms with Crippen LogP contribution < -0.4 is 4.90 Å². The Kier molecular flexibility index (Phi) is 2.59. The molecule has 0 aromatic carbocycles. The summed E-state index contributed by atoms with van der Waals surface area (Å²) in [5.41, 5.74) is 0. The van der Waals surface area contributed by atoms with Crippen molar-refractivity contribution in [3.05, 3.63) is 22.8 Å². The Morgan fingerprint density at radius 2 is 2.45 bits per heavy atom. The fourth-order valence-electron chi connectivity index (χ4n) is 0.640. The molecule has 0 N–H and O–H groups in total. The van der Waals surface area contributed by atoms with E-state index in [0.29, 0.717) is 5.82 Å². The number of carbonyl (C=O) groups excluding carboxylic acids is 1. The van der Waals surface area contributed by atoms with Crippen LogP contribution in [0.25, 0.3) is 0 Å². The molecule has 0 aliphatic rings. The Morgan fingerprint density at radius 3 is 3.00 bits per heavy atom. The predicted molar refractivity (Wildman–Crippen MR) is 46.4 cm³/mol. The van der Waals surface area contributed by atoms with E-state index in [4.69, 9.17) is 0 Å². The standard InChI is InChI=1S/C7H7BrN2O/c1-10(5-11)7-4-6(8)2-3-9-7/h2-5H,1H3. The normalized spacial score (nSPS) is 9.27. The van der Waals surface area contributed by atoms with E-state index in [2.05, 4.69) is 20.9 Å². The summed E-state index contributed by atoms with van der Waals surface area (Å²) >= 11 is 3.28. The van der Waals surface area contributed by atoms with Gasteiger partial charge in [-0.15, -0.1) is 0 Å². The molecule has 1 amide bonds. The molecule has 0 saturated heterocycles. The van der Waals surface area contributed by atoms with Gasteiger partial charge in [-0.1, -0.05) is 15.9 Å². The molecular formula is C7H7BrN2O. The highest BCUT2D eigenvalue weighted by Crippen LogP contribution is 2.14. The van der Waals surface area contributed by atoms with Crippen LogP contribution in [0, 0.1) is 0 Å². The minimum Gasteiger partial charge on any atom is -0.303 e. The van der Waals surface area contributed by atoms with Crippen LogP contribution in [0.2, 0.25) is 0 Å². The Labute approximate surface area is 73.2 Å². The molecule has 0 fully saturated rings. The molecule has 4 heteroatoms. The summed E-state index contributed by atoms with van der Waals surface area (Å²) in [4.78, 5) is 15.7. The van der Waals surface area contributed by atoms with Crippen LogP contribution in [-0.2, 0) is 4.79 Å². The van der Waals surface area contributed by atoms with Gasteiger partial charge in [-0.2, -0.15) is 0 Å². The van der Waals surface area contributed by atoms with Gasteiger partial charge in [0.2, 0.25) is 6.41 Å². The Balaban J connectivity index is 2.95. The SMILES string of the molecule is CN(C=O)c1cc(Br)ccn1. The zero-order chi connectivity index (χ0) is 8.27. The molecule has 0 saturated carbocycles. The summed E-state index contributed by atoms with van der Waals surface area (Å²) in [6, 6.07) is 3.58. The number of nitrogens with zero attached hydrogens (tertiary/aromatic N) is 2. The monoisotopic (exact) mass is 214 g/mol. The first-order valence-electron chi connectivity index (χ1n) is 3.03. The van der Waals surface area contributed by atoms with Crippen LogP contribution in [0.1, 0.15) is 0 Å². The Morgan fingerprint density at radius 1 is 1.73 bits per heavy atom. The lowest BCUT2D eigenvalue weighted by molar-refractivity contribution is -0.107. The molecule has 0 radical (unpaired) electrons. The van der Waals surface area contributed by atoms with Gasteiger partial charge in [0, 0.05) is 17.7 Å². The second-order valence-electron chi connectivity index (χ2n) is 2.05. The van der Waals surface area contributed by atoms with E-state index in [1.165, 1.54) is 4.90 Å². The second kappa shape index (κ2) is 3.48. The largest absolute Gasteiger partial charge is 0.303 e. The summed E-state index contributed by atoms with van der Waals surface area (Å²) in [6.45, 7) is 0. The lowest BCUT2D eigenvalue weighted by atomic mass is 10.4. The zero-order valence-electron chi connectivity index (χ0n) is 5.99. The van der Waals surface area contributed by atoms with E-state index in [0.717, 1.165) is 10.9 Å². The van der Waals surface area contributed by atoms with Gasteiger partial charge >= 0.3 is 0 Å². The van der Waals surface area contributed by atoms with E-state index >= 15 is 0 Å². The number of halogens is 1. The van der Waals surface area contributed by atoms with E-state index in [9.17, 15) is 4.79 Å². The van der Waals surface area contributed by atoms with Gasteiger partial charge in [-0.25, -0.2) is 4.98 Å². The number of anilines is 1. The van der Waals surface area contributed by atoms with Gasteiger partial charge in [0.05, 0.1) is 0 Å². The van der Waals surface area contributed by atoms with Crippen LogP contribution in [0.4, 0.5) is 5.82 Å². The van der Waals surface area contributed by atoms with Crippen molar-refractivity contribution in [2.45, 2.75) is 0 Å². The average Bonchev–Trinajstić information content (AvgIpc) is 2.03. The molecule has 0 aliphatic heterocycles. The molecule has 0 spiro atoms. The van der Waals surface area contributed by atoms with Crippen molar-refractivity contribution >= 4 is 28.2 Å². The second-order valence-corrected chi connectivity index (χ2v) is 2.96. The van der Waals surface area contributed by atoms with Crippen LogP contribution in [-0.4, -0.2) is 18.4 Å². The highest BCUT2D eigenvalue weighted by atomic mass is 79.9. The maximum absolute atomic E-state index is 10.3. The fraction of sp³-hybridized carbons (Fsp3) is 0.143. The first-order chi connectivity index (χ1) is 5.24. The van der Waals surface area contributed by atoms with Crippen LogP contribution in [0.3, 0.4) is 0 Å². The van der Waals surface area contributed by atoms with Gasteiger partial charge < -0.3 is 4.90 Å². The summed E-state index contributed by atoms with van der Waals surface area (Å²) in [5, 5.41) is 0. The van der Waals surface area contributed by atoms with Crippen molar-refractivity contribution in [3.63, 3.8) is 0 Å². The molecule has 58 valence electrons. The van der Waals surface area contributed by atoms with Gasteiger partial charge in [0.1, 0.15) is 5.82 Å². The third-order valence-corrected chi connectivity index (χ3v) is 1.72. The van der Waals surface area contributed by atoms with Crippen molar-refractivity contribution in [3.8, 4) is 0 Å². The smallest absolute Gasteiger partial charge is 0.215 e. The molecule has 0 atom stereocenters. The number of aromatic nitrogens is 1. The van der Waals surface area contributed by atoms with Crippen molar-refractivity contribution < 1.29 is 4.79 Å². The highest BCUT2D eigenvalue weighted by Gasteiger charge is 1.98. The molecule has 3 nitrogen and oxygen atoms in total. The fourth-order valence-corrected chi connectivity index (χ4v) is 0.963. The van der Waals surface area contributed by atoms with Crippen molar-refractivity contribution in [1.82, 2.24) is 4.98 Å². The van der Waals surface area contributed by atoms with Crippen LogP contribution >= 0.6 is 15.9 Å². The maximum atomic E-state index is 10.3. The van der Waals surface area contributed by atoms with E-state index in [-0.39, 0.29) is 0 Å². The number of carbonyl (C=O) groups is 1. The first kappa shape index (κ1) is 8.20. The quantitative estimate of drug-likeness (QED) is 0.699. The average molecular weight is 215 g/mol. The highest BCUT2D eigenvalue weighted by molar-refractivity contribution is 9.10. The molecule has 1 heterocycles. The van der Waals surface area contributed by atoms with Gasteiger partial charge in [-0.3, -0.25) is 4.79 Å². The number of hydrogen-bond donors (Lipinski definition) is 0. The number of amides is 1. The summed E-state index contributed by atoms with van der Waals surface area (Å²) < 4.78 is 0.913. The molecule has 0 bridgehead atoms. The lowest BCUT2D eigenvalue weighted by Crippen LogP contribution is -2.14. The van der Waals surface area contributed by atoms with Crippen molar-refractivity contribution in [1.29, 1.82) is 0 Å². The first-order valence-corrected chi connectivity index (χ1v) is 3.83. The van der Waals surface area contributed by atoms with E-state index in [1.807, 2.05) is 6.07 Å². The maximum Gasteiger partial charge on any atom is 0.215 e. The molecule has 11 heavy (non-hydrogen) atoms. The van der Waals surface area contributed by atoms with Crippen LogP contribution in [0.15, 0.2) is 22.8 Å². The minimum atomic E-state index is 0.634. The molecule has 1 aromatic rings.